The lowest BCUT2D eigenvalue weighted by atomic mass is 10.0. The number of hydrogen-bond acceptors (Lipinski definition) is 3. The summed E-state index contributed by atoms with van der Waals surface area (Å²) in [7, 11) is 0. The number of carbonyl (C=O) groups is 2. The topological polar surface area (TPSA) is 66.8 Å². The summed E-state index contributed by atoms with van der Waals surface area (Å²) < 4.78 is 5.33. The third-order valence-electron chi connectivity index (χ3n) is 3.75. The van der Waals surface area contributed by atoms with Gasteiger partial charge in [-0.15, -0.1) is 0 Å². The Bertz CT molecular complexity index is 497. The normalized spacial score (nSPS) is 21.8. The van der Waals surface area contributed by atoms with Gasteiger partial charge in [0.2, 0.25) is 0 Å². The lowest BCUT2D eigenvalue weighted by molar-refractivity contribution is -0.142. The number of likely N-dealkylation sites (tertiary alicyclic amines) is 1. The average Bonchev–Trinajstić information content (AvgIpc) is 2.81. The Balaban J connectivity index is 2.10. The van der Waals surface area contributed by atoms with Gasteiger partial charge in [0, 0.05) is 18.2 Å². The Morgan fingerprint density at radius 3 is 2.50 bits per heavy atom. The summed E-state index contributed by atoms with van der Waals surface area (Å²) in [6.07, 6.45) is 0.513. The Labute approximate surface area is 118 Å². The van der Waals surface area contributed by atoms with Crippen LogP contribution in [0.5, 0.6) is 5.75 Å². The number of aliphatic carboxylic acids is 1. The minimum atomic E-state index is -0.834. The number of amides is 1. The van der Waals surface area contributed by atoms with Gasteiger partial charge in [0.1, 0.15) is 5.75 Å². The highest BCUT2D eigenvalue weighted by molar-refractivity contribution is 5.95. The quantitative estimate of drug-likeness (QED) is 0.914. The van der Waals surface area contributed by atoms with Crippen molar-refractivity contribution in [3.05, 3.63) is 29.8 Å². The summed E-state index contributed by atoms with van der Waals surface area (Å²) in [6.45, 7) is 4.76. The fraction of sp³-hybridized carbons (Fsp3) is 0.467. The van der Waals surface area contributed by atoms with E-state index in [1.807, 2.05) is 6.92 Å². The molecule has 5 heteroatoms. The number of carboxylic acids is 1. The third kappa shape index (κ3) is 2.76. The molecule has 2 rings (SSSR count). The van der Waals surface area contributed by atoms with E-state index in [9.17, 15) is 9.59 Å². The number of ether oxygens (including phenoxy) is 1. The summed E-state index contributed by atoms with van der Waals surface area (Å²) in [5.41, 5.74) is 0.561. The van der Waals surface area contributed by atoms with Crippen molar-refractivity contribution in [2.75, 3.05) is 13.2 Å². The first-order valence-electron chi connectivity index (χ1n) is 6.81. The molecule has 1 aromatic carbocycles. The van der Waals surface area contributed by atoms with Crippen molar-refractivity contribution in [1.82, 2.24) is 4.90 Å². The van der Waals surface area contributed by atoms with Gasteiger partial charge in [-0.05, 0) is 44.5 Å². The van der Waals surface area contributed by atoms with E-state index in [1.165, 1.54) is 0 Å². The predicted octanol–water partition coefficient (Wildman–Crippen LogP) is 2.02. The van der Waals surface area contributed by atoms with Crippen LogP contribution in [0.1, 0.15) is 30.6 Å². The number of carboxylic acid groups (broad SMARTS) is 1. The molecule has 0 saturated carbocycles. The van der Waals surface area contributed by atoms with Gasteiger partial charge >= 0.3 is 5.97 Å². The van der Waals surface area contributed by atoms with Gasteiger partial charge in [0.25, 0.3) is 5.91 Å². The van der Waals surface area contributed by atoms with Crippen molar-refractivity contribution in [3.8, 4) is 5.75 Å². The molecular weight excluding hydrogens is 258 g/mol. The van der Waals surface area contributed by atoms with E-state index in [4.69, 9.17) is 9.84 Å². The minimum absolute atomic E-state index is 0.121. The van der Waals surface area contributed by atoms with Gasteiger partial charge in [-0.25, -0.2) is 0 Å². The summed E-state index contributed by atoms with van der Waals surface area (Å²) in [4.78, 5) is 25.1. The molecule has 2 atom stereocenters. The second-order valence-electron chi connectivity index (χ2n) is 4.93. The molecule has 0 radical (unpaired) electrons. The Hall–Kier alpha value is -2.04. The van der Waals surface area contributed by atoms with Crippen molar-refractivity contribution < 1.29 is 19.4 Å². The minimum Gasteiger partial charge on any atom is -0.494 e. The summed E-state index contributed by atoms with van der Waals surface area (Å²) >= 11 is 0. The van der Waals surface area contributed by atoms with Crippen LogP contribution in [0.2, 0.25) is 0 Å². The van der Waals surface area contributed by atoms with Crippen molar-refractivity contribution in [2.24, 2.45) is 5.92 Å². The van der Waals surface area contributed by atoms with Crippen LogP contribution >= 0.6 is 0 Å². The molecule has 1 amide bonds. The molecule has 2 unspecified atom stereocenters. The molecule has 0 aliphatic carbocycles. The molecule has 20 heavy (non-hydrogen) atoms. The van der Waals surface area contributed by atoms with Crippen LogP contribution in [0, 0.1) is 5.92 Å². The fourth-order valence-electron chi connectivity index (χ4n) is 2.58. The standard InChI is InChI=1S/C15H19NO4/c1-3-20-12-6-4-11(5-7-12)14(17)16-9-8-13(10(16)2)15(18)19/h4-7,10,13H,3,8-9H2,1-2H3,(H,18,19). The van der Waals surface area contributed by atoms with Gasteiger partial charge in [0.05, 0.1) is 12.5 Å². The maximum Gasteiger partial charge on any atom is 0.308 e. The van der Waals surface area contributed by atoms with E-state index in [0.29, 0.717) is 25.1 Å². The van der Waals surface area contributed by atoms with Crippen LogP contribution in [-0.4, -0.2) is 41.1 Å². The summed E-state index contributed by atoms with van der Waals surface area (Å²) in [6, 6.07) is 6.67. The van der Waals surface area contributed by atoms with E-state index < -0.39 is 11.9 Å². The fourth-order valence-corrected chi connectivity index (χ4v) is 2.58. The Kier molecular flexibility index (Phi) is 4.27. The van der Waals surface area contributed by atoms with Crippen molar-refractivity contribution in [1.29, 1.82) is 0 Å². The molecule has 0 spiro atoms. The number of hydrogen-bond donors (Lipinski definition) is 1. The Morgan fingerprint density at radius 2 is 2.00 bits per heavy atom. The first-order valence-corrected chi connectivity index (χ1v) is 6.81. The molecule has 5 nitrogen and oxygen atoms in total. The first-order chi connectivity index (χ1) is 9.54. The summed E-state index contributed by atoms with van der Waals surface area (Å²) in [5.74, 6) is -0.702. The first kappa shape index (κ1) is 14.4. The van der Waals surface area contributed by atoms with Gasteiger partial charge in [-0.2, -0.15) is 0 Å². The second kappa shape index (κ2) is 5.94. The van der Waals surface area contributed by atoms with E-state index in [-0.39, 0.29) is 11.9 Å². The van der Waals surface area contributed by atoms with Crippen molar-refractivity contribution >= 4 is 11.9 Å². The molecule has 108 valence electrons. The molecular formula is C15H19NO4. The number of benzene rings is 1. The predicted molar refractivity (Wildman–Crippen MR) is 73.9 cm³/mol. The third-order valence-corrected chi connectivity index (χ3v) is 3.75. The van der Waals surface area contributed by atoms with Crippen LogP contribution in [0.15, 0.2) is 24.3 Å². The lowest BCUT2D eigenvalue weighted by Crippen LogP contribution is -2.37. The smallest absolute Gasteiger partial charge is 0.308 e. The molecule has 1 aliphatic heterocycles. The van der Waals surface area contributed by atoms with Gasteiger partial charge < -0.3 is 14.7 Å². The number of nitrogens with zero attached hydrogens (tertiary/aromatic N) is 1. The number of carbonyl (C=O) groups excluding carboxylic acids is 1. The molecule has 1 heterocycles. The maximum atomic E-state index is 12.4. The molecule has 1 N–H and O–H groups in total. The largest absolute Gasteiger partial charge is 0.494 e. The highest BCUT2D eigenvalue weighted by atomic mass is 16.5. The lowest BCUT2D eigenvalue weighted by Gasteiger charge is -2.23. The van der Waals surface area contributed by atoms with Gasteiger partial charge in [0.15, 0.2) is 0 Å². The van der Waals surface area contributed by atoms with E-state index in [2.05, 4.69) is 0 Å². The molecule has 1 aliphatic rings. The van der Waals surface area contributed by atoms with E-state index in [1.54, 1.807) is 36.1 Å². The van der Waals surface area contributed by atoms with E-state index >= 15 is 0 Å². The van der Waals surface area contributed by atoms with E-state index in [0.717, 1.165) is 5.75 Å². The zero-order valence-corrected chi connectivity index (χ0v) is 11.7. The van der Waals surface area contributed by atoms with Gasteiger partial charge in [-0.1, -0.05) is 0 Å². The van der Waals surface area contributed by atoms with Crippen LogP contribution in [-0.2, 0) is 4.79 Å². The summed E-state index contributed by atoms with van der Waals surface area (Å²) in [5, 5.41) is 9.09. The van der Waals surface area contributed by atoms with Crippen molar-refractivity contribution in [2.45, 2.75) is 26.3 Å². The molecule has 1 saturated heterocycles. The zero-order chi connectivity index (χ0) is 14.7. The van der Waals surface area contributed by atoms with Gasteiger partial charge in [-0.3, -0.25) is 9.59 Å². The molecule has 0 aromatic heterocycles. The molecule has 1 fully saturated rings. The van der Waals surface area contributed by atoms with Crippen LogP contribution in [0.4, 0.5) is 0 Å². The highest BCUT2D eigenvalue weighted by Gasteiger charge is 2.38. The zero-order valence-electron chi connectivity index (χ0n) is 11.7. The van der Waals surface area contributed by atoms with Crippen LogP contribution < -0.4 is 4.74 Å². The monoisotopic (exact) mass is 277 g/mol. The number of rotatable bonds is 4. The van der Waals surface area contributed by atoms with Crippen molar-refractivity contribution in [3.63, 3.8) is 0 Å². The second-order valence-corrected chi connectivity index (χ2v) is 4.93. The SMILES string of the molecule is CCOc1ccc(C(=O)N2CCC(C(=O)O)C2C)cc1. The molecule has 1 aromatic rings. The Morgan fingerprint density at radius 1 is 1.35 bits per heavy atom. The maximum absolute atomic E-state index is 12.4. The van der Waals surface area contributed by atoms with Crippen LogP contribution in [0.25, 0.3) is 0 Å². The van der Waals surface area contributed by atoms with Crippen LogP contribution in [0.3, 0.4) is 0 Å². The average molecular weight is 277 g/mol. The molecule has 0 bridgehead atoms. The highest BCUT2D eigenvalue weighted by Crippen LogP contribution is 2.26.